The summed E-state index contributed by atoms with van der Waals surface area (Å²) in [6, 6.07) is 10.8. The van der Waals surface area contributed by atoms with Gasteiger partial charge in [-0.2, -0.15) is 0 Å². The van der Waals surface area contributed by atoms with E-state index >= 15 is 0 Å². The highest BCUT2D eigenvalue weighted by Gasteiger charge is 2.18. The van der Waals surface area contributed by atoms with Crippen LogP contribution in [0.1, 0.15) is 37.7 Å². The molecule has 1 aliphatic rings. The smallest absolute Gasteiger partial charge is 0.141 e. The number of nitrogens with one attached hydrogen (secondary N) is 1. The lowest BCUT2D eigenvalue weighted by atomic mass is 9.94. The van der Waals surface area contributed by atoms with Crippen LogP contribution in [0.2, 0.25) is 0 Å². The summed E-state index contributed by atoms with van der Waals surface area (Å²) >= 11 is 1.59. The van der Waals surface area contributed by atoms with Crippen molar-refractivity contribution in [2.24, 2.45) is 0 Å². The Morgan fingerprint density at radius 3 is 2.47 bits per heavy atom. The Morgan fingerprint density at radius 2 is 1.80 bits per heavy atom. The highest BCUT2D eigenvalue weighted by Crippen LogP contribution is 2.24. The van der Waals surface area contributed by atoms with Crippen LogP contribution >= 0.6 is 48.6 Å². The lowest BCUT2D eigenvalue weighted by Gasteiger charge is -2.31. The van der Waals surface area contributed by atoms with Gasteiger partial charge in [0.05, 0.1) is 0 Å². The third-order valence-corrected chi connectivity index (χ3v) is 5.91. The molecule has 0 bridgehead atoms. The summed E-state index contributed by atoms with van der Waals surface area (Å²) in [4.78, 5) is 16.0. The molecule has 3 aromatic heterocycles. The molecule has 1 fully saturated rings. The van der Waals surface area contributed by atoms with Crippen LogP contribution in [-0.2, 0) is 6.54 Å². The summed E-state index contributed by atoms with van der Waals surface area (Å²) < 4.78 is 0. The number of rotatable bonds is 6. The molecule has 0 radical (unpaired) electrons. The minimum Gasteiger partial charge on any atom is -0.325 e. The van der Waals surface area contributed by atoms with E-state index in [0.717, 1.165) is 28.9 Å². The highest BCUT2D eigenvalue weighted by molar-refractivity contribution is 7.13. The molecule has 30 heavy (non-hydrogen) atoms. The van der Waals surface area contributed by atoms with E-state index in [1.165, 1.54) is 37.7 Å². The number of halogens is 3. The first-order chi connectivity index (χ1) is 13.3. The molecule has 5 nitrogen and oxygen atoms in total. The van der Waals surface area contributed by atoms with Gasteiger partial charge in [0.25, 0.3) is 0 Å². The van der Waals surface area contributed by atoms with Crippen LogP contribution in [0.15, 0.2) is 48.1 Å². The molecule has 0 amide bonds. The molecule has 3 aromatic rings. The van der Waals surface area contributed by atoms with Crippen LogP contribution in [0.4, 0.5) is 11.6 Å². The van der Waals surface area contributed by atoms with Gasteiger partial charge >= 0.3 is 0 Å². The molecule has 0 aromatic carbocycles. The number of hydrogen-bond donors (Lipinski definition) is 1. The lowest BCUT2D eigenvalue weighted by molar-refractivity contribution is 0.184. The predicted octanol–water partition coefficient (Wildman–Crippen LogP) is 6.37. The zero-order chi connectivity index (χ0) is 18.5. The normalized spacial score (nSPS) is 13.7. The van der Waals surface area contributed by atoms with Gasteiger partial charge in [-0.15, -0.1) is 48.6 Å². The van der Waals surface area contributed by atoms with Crippen LogP contribution in [0.25, 0.3) is 10.7 Å². The van der Waals surface area contributed by atoms with Gasteiger partial charge in [-0.05, 0) is 43.7 Å². The maximum Gasteiger partial charge on any atom is 0.141 e. The Bertz CT molecular complexity index is 855. The Kier molecular flexibility index (Phi) is 11.6. The second-order valence-corrected chi connectivity index (χ2v) is 8.02. The van der Waals surface area contributed by atoms with E-state index in [1.807, 2.05) is 35.8 Å². The first kappa shape index (κ1) is 26.6. The molecular weight excluding hydrogens is 461 g/mol. The largest absolute Gasteiger partial charge is 0.325 e. The second-order valence-electron chi connectivity index (χ2n) is 7.13. The first-order valence-corrected chi connectivity index (χ1v) is 10.4. The van der Waals surface area contributed by atoms with E-state index in [9.17, 15) is 0 Å². The highest BCUT2D eigenvalue weighted by atomic mass is 35.5. The van der Waals surface area contributed by atoms with Crippen molar-refractivity contribution in [3.05, 3.63) is 53.7 Å². The van der Waals surface area contributed by atoms with Gasteiger partial charge < -0.3 is 5.32 Å². The van der Waals surface area contributed by atoms with Crippen molar-refractivity contribution in [2.45, 2.75) is 44.7 Å². The summed E-state index contributed by atoms with van der Waals surface area (Å²) in [6.07, 6.45) is 10.5. The average Bonchev–Trinajstić information content (AvgIpc) is 3.25. The summed E-state index contributed by atoms with van der Waals surface area (Å²) in [5, 5.41) is 6.18. The third kappa shape index (κ3) is 7.06. The summed E-state index contributed by atoms with van der Waals surface area (Å²) in [5.41, 5.74) is 2.12. The Balaban J connectivity index is 0.00000150. The van der Waals surface area contributed by atoms with Crippen LogP contribution in [0.3, 0.4) is 0 Å². The van der Waals surface area contributed by atoms with E-state index in [4.69, 9.17) is 0 Å². The van der Waals surface area contributed by atoms with Crippen LogP contribution in [-0.4, -0.2) is 32.9 Å². The zero-order valence-electron chi connectivity index (χ0n) is 16.9. The maximum atomic E-state index is 4.63. The van der Waals surface area contributed by atoms with Crippen molar-refractivity contribution < 1.29 is 0 Å². The summed E-state index contributed by atoms with van der Waals surface area (Å²) in [6.45, 7) is 0.954. The van der Waals surface area contributed by atoms with Crippen molar-refractivity contribution in [3.8, 4) is 10.7 Å². The van der Waals surface area contributed by atoms with Gasteiger partial charge in [0.15, 0.2) is 0 Å². The van der Waals surface area contributed by atoms with Crippen molar-refractivity contribution in [1.29, 1.82) is 0 Å². The van der Waals surface area contributed by atoms with Gasteiger partial charge in [0.2, 0.25) is 0 Å². The maximum absolute atomic E-state index is 4.63. The molecule has 0 atom stereocenters. The monoisotopic (exact) mass is 487 g/mol. The molecule has 0 aliphatic heterocycles. The standard InChI is InChI=1S/C21H25N5S.3ClH/c1-26(17-6-3-2-4-7-17)15-16-10-11-19(23-14-16)25-20-9-5-8-18(24-20)21-22-12-13-27-21;;;/h5,8-14,17H,2-4,6-7,15H2,1H3,(H,23,24,25);3*1H. The molecule has 1 saturated carbocycles. The fraction of sp³-hybridized carbons (Fsp3) is 0.381. The van der Waals surface area contributed by atoms with Gasteiger partial charge in [-0.1, -0.05) is 31.4 Å². The van der Waals surface area contributed by atoms with Gasteiger partial charge in [0, 0.05) is 30.4 Å². The fourth-order valence-electron chi connectivity index (χ4n) is 3.64. The molecule has 0 spiro atoms. The first-order valence-electron chi connectivity index (χ1n) is 9.57. The third-order valence-electron chi connectivity index (χ3n) is 5.11. The van der Waals surface area contributed by atoms with E-state index in [1.54, 1.807) is 17.5 Å². The summed E-state index contributed by atoms with van der Waals surface area (Å²) in [7, 11) is 2.23. The van der Waals surface area contributed by atoms with Crippen molar-refractivity contribution in [2.75, 3.05) is 12.4 Å². The average molecular weight is 489 g/mol. The van der Waals surface area contributed by atoms with Crippen molar-refractivity contribution >= 4 is 60.2 Å². The molecule has 164 valence electrons. The van der Waals surface area contributed by atoms with Crippen LogP contribution < -0.4 is 5.32 Å². The van der Waals surface area contributed by atoms with Crippen LogP contribution in [0, 0.1) is 0 Å². The van der Waals surface area contributed by atoms with E-state index in [0.29, 0.717) is 6.04 Å². The lowest BCUT2D eigenvalue weighted by Crippen LogP contribution is -2.32. The fourth-order valence-corrected chi connectivity index (χ4v) is 4.24. The van der Waals surface area contributed by atoms with Gasteiger partial charge in [-0.25, -0.2) is 15.0 Å². The number of aromatic nitrogens is 3. The van der Waals surface area contributed by atoms with Crippen LogP contribution in [0.5, 0.6) is 0 Å². The predicted molar refractivity (Wildman–Crippen MR) is 133 cm³/mol. The quantitative estimate of drug-likeness (QED) is 0.436. The van der Waals surface area contributed by atoms with Gasteiger partial charge in [-0.3, -0.25) is 4.90 Å². The Labute approximate surface area is 201 Å². The molecule has 3 heterocycles. The molecule has 4 rings (SSSR count). The number of hydrogen-bond acceptors (Lipinski definition) is 6. The molecule has 9 heteroatoms. The molecular formula is C21H28Cl3N5S. The Hall–Kier alpha value is -1.44. The zero-order valence-corrected chi connectivity index (χ0v) is 20.1. The number of thiazole rings is 1. The minimum atomic E-state index is 0. The van der Waals surface area contributed by atoms with E-state index in [2.05, 4.69) is 38.3 Å². The molecule has 1 aliphatic carbocycles. The second kappa shape index (κ2) is 13.1. The Morgan fingerprint density at radius 1 is 1.00 bits per heavy atom. The topological polar surface area (TPSA) is 53.9 Å². The SMILES string of the molecule is CN(Cc1ccc(Nc2cccc(-c3nccs3)n2)nc1)C1CCCCC1.Cl.Cl.Cl. The molecule has 1 N–H and O–H groups in total. The molecule has 0 unspecified atom stereocenters. The van der Waals surface area contributed by atoms with Gasteiger partial charge in [0.1, 0.15) is 22.3 Å². The van der Waals surface area contributed by atoms with E-state index < -0.39 is 0 Å². The number of anilines is 2. The summed E-state index contributed by atoms with van der Waals surface area (Å²) in [5.74, 6) is 1.59. The van der Waals surface area contributed by atoms with Crippen molar-refractivity contribution in [3.63, 3.8) is 0 Å². The number of nitrogens with zero attached hydrogens (tertiary/aromatic N) is 4. The minimum absolute atomic E-state index is 0. The van der Waals surface area contributed by atoms with E-state index in [-0.39, 0.29) is 37.2 Å². The van der Waals surface area contributed by atoms with Crippen molar-refractivity contribution in [1.82, 2.24) is 19.9 Å². The molecule has 0 saturated heterocycles. The number of pyridine rings is 2.